The van der Waals surface area contributed by atoms with E-state index in [4.69, 9.17) is 4.74 Å². The molecule has 0 spiro atoms. The van der Waals surface area contributed by atoms with Gasteiger partial charge in [-0.25, -0.2) is 0 Å². The maximum Gasteiger partial charge on any atom is 0.233 e. The van der Waals surface area contributed by atoms with Crippen molar-refractivity contribution in [1.29, 1.82) is 0 Å². The Labute approximate surface area is 126 Å². The first-order valence-corrected chi connectivity index (χ1v) is 7.86. The SMILES string of the molecule is COCC1(C(=O)Nc2ccc3c(c2)CCC3)CCNCC1. The molecular weight excluding hydrogens is 264 g/mol. The van der Waals surface area contributed by atoms with Crippen LogP contribution in [0.5, 0.6) is 0 Å². The summed E-state index contributed by atoms with van der Waals surface area (Å²) in [4.78, 5) is 12.8. The van der Waals surface area contributed by atoms with Gasteiger partial charge in [0.25, 0.3) is 0 Å². The number of hydrogen-bond donors (Lipinski definition) is 2. The van der Waals surface area contributed by atoms with E-state index in [1.165, 1.54) is 24.0 Å². The average molecular weight is 288 g/mol. The molecule has 1 heterocycles. The van der Waals surface area contributed by atoms with Crippen molar-refractivity contribution < 1.29 is 9.53 Å². The molecule has 0 atom stereocenters. The Bertz CT molecular complexity index is 516. The van der Waals surface area contributed by atoms with E-state index in [2.05, 4.69) is 22.8 Å². The maximum absolute atomic E-state index is 12.8. The smallest absolute Gasteiger partial charge is 0.233 e. The van der Waals surface area contributed by atoms with Crippen LogP contribution >= 0.6 is 0 Å². The fourth-order valence-electron chi connectivity index (χ4n) is 3.53. The third kappa shape index (κ3) is 2.97. The van der Waals surface area contributed by atoms with Crippen LogP contribution in [0.25, 0.3) is 0 Å². The predicted octanol–water partition coefficient (Wildman–Crippen LogP) is 2.13. The third-order valence-electron chi connectivity index (χ3n) is 4.82. The van der Waals surface area contributed by atoms with Gasteiger partial charge in [0, 0.05) is 12.8 Å². The van der Waals surface area contributed by atoms with E-state index in [0.29, 0.717) is 6.61 Å². The van der Waals surface area contributed by atoms with Crippen molar-refractivity contribution in [2.75, 3.05) is 32.1 Å². The van der Waals surface area contributed by atoms with Crippen LogP contribution in [0.2, 0.25) is 0 Å². The van der Waals surface area contributed by atoms with Gasteiger partial charge in [-0.3, -0.25) is 4.79 Å². The second-order valence-corrected chi connectivity index (χ2v) is 6.25. The molecule has 1 aromatic rings. The zero-order valence-electron chi connectivity index (χ0n) is 12.7. The highest BCUT2D eigenvalue weighted by molar-refractivity contribution is 5.95. The fourth-order valence-corrected chi connectivity index (χ4v) is 3.53. The van der Waals surface area contributed by atoms with Crippen LogP contribution in [-0.2, 0) is 22.4 Å². The summed E-state index contributed by atoms with van der Waals surface area (Å²) in [6.45, 7) is 2.24. The number of nitrogens with one attached hydrogen (secondary N) is 2. The fraction of sp³-hybridized carbons (Fsp3) is 0.588. The summed E-state index contributed by atoms with van der Waals surface area (Å²) >= 11 is 0. The number of aryl methyl sites for hydroxylation is 2. The van der Waals surface area contributed by atoms with Crippen molar-refractivity contribution in [2.24, 2.45) is 5.41 Å². The van der Waals surface area contributed by atoms with Crippen LogP contribution in [0.4, 0.5) is 5.69 Å². The number of carbonyl (C=O) groups is 1. The van der Waals surface area contributed by atoms with Crippen LogP contribution in [0.3, 0.4) is 0 Å². The van der Waals surface area contributed by atoms with Crippen LogP contribution < -0.4 is 10.6 Å². The number of fused-ring (bicyclic) bond motifs is 1. The molecule has 4 nitrogen and oxygen atoms in total. The van der Waals surface area contributed by atoms with Gasteiger partial charge in [-0.15, -0.1) is 0 Å². The van der Waals surface area contributed by atoms with Crippen LogP contribution in [0, 0.1) is 5.41 Å². The van der Waals surface area contributed by atoms with Crippen molar-refractivity contribution in [3.05, 3.63) is 29.3 Å². The lowest BCUT2D eigenvalue weighted by atomic mass is 9.78. The molecule has 3 rings (SSSR count). The quantitative estimate of drug-likeness (QED) is 0.892. The van der Waals surface area contributed by atoms with Crippen molar-refractivity contribution in [3.63, 3.8) is 0 Å². The van der Waals surface area contributed by atoms with Crippen LogP contribution in [0.1, 0.15) is 30.4 Å². The largest absolute Gasteiger partial charge is 0.384 e. The Hall–Kier alpha value is -1.39. The summed E-state index contributed by atoms with van der Waals surface area (Å²) in [5.74, 6) is 0.101. The van der Waals surface area contributed by atoms with Crippen molar-refractivity contribution in [1.82, 2.24) is 5.32 Å². The van der Waals surface area contributed by atoms with Crippen LogP contribution in [-0.4, -0.2) is 32.7 Å². The molecule has 0 aromatic heterocycles. The Morgan fingerprint density at radius 1 is 1.29 bits per heavy atom. The lowest BCUT2D eigenvalue weighted by Gasteiger charge is -2.35. The molecule has 1 aliphatic heterocycles. The summed E-state index contributed by atoms with van der Waals surface area (Å²) in [6.07, 6.45) is 5.19. The Kier molecular flexibility index (Phi) is 4.27. The second-order valence-electron chi connectivity index (χ2n) is 6.25. The molecule has 0 saturated carbocycles. The minimum absolute atomic E-state index is 0.101. The molecule has 21 heavy (non-hydrogen) atoms. The topological polar surface area (TPSA) is 50.4 Å². The first-order valence-electron chi connectivity index (χ1n) is 7.86. The van der Waals surface area contributed by atoms with Gasteiger partial charge in [-0.2, -0.15) is 0 Å². The molecular formula is C17H24N2O2. The molecule has 4 heteroatoms. The van der Waals surface area contributed by atoms with Crippen molar-refractivity contribution in [2.45, 2.75) is 32.1 Å². The number of anilines is 1. The van der Waals surface area contributed by atoms with E-state index in [0.717, 1.165) is 38.0 Å². The van der Waals surface area contributed by atoms with Gasteiger partial charge in [0.15, 0.2) is 0 Å². The number of carbonyl (C=O) groups excluding carboxylic acids is 1. The monoisotopic (exact) mass is 288 g/mol. The summed E-state index contributed by atoms with van der Waals surface area (Å²) in [5.41, 5.74) is 3.36. The Morgan fingerprint density at radius 3 is 2.81 bits per heavy atom. The van der Waals surface area contributed by atoms with Crippen LogP contribution in [0.15, 0.2) is 18.2 Å². The van der Waals surface area contributed by atoms with Gasteiger partial charge < -0.3 is 15.4 Å². The molecule has 1 aliphatic carbocycles. The number of methoxy groups -OCH3 is 1. The summed E-state index contributed by atoms with van der Waals surface area (Å²) in [5, 5.41) is 6.44. The number of benzene rings is 1. The molecule has 0 bridgehead atoms. The average Bonchev–Trinajstić information content (AvgIpc) is 2.96. The minimum atomic E-state index is -0.390. The molecule has 1 fully saturated rings. The minimum Gasteiger partial charge on any atom is -0.384 e. The molecule has 1 aromatic carbocycles. The van der Waals surface area contributed by atoms with E-state index < -0.39 is 0 Å². The number of amides is 1. The van der Waals surface area contributed by atoms with Gasteiger partial charge in [0.2, 0.25) is 5.91 Å². The van der Waals surface area contributed by atoms with E-state index in [1.807, 2.05) is 6.07 Å². The molecule has 0 radical (unpaired) electrons. The summed E-state index contributed by atoms with van der Waals surface area (Å²) in [7, 11) is 1.67. The first kappa shape index (κ1) is 14.5. The highest BCUT2D eigenvalue weighted by atomic mass is 16.5. The van der Waals surface area contributed by atoms with Gasteiger partial charge in [0.1, 0.15) is 0 Å². The second kappa shape index (κ2) is 6.16. The molecule has 1 saturated heterocycles. The maximum atomic E-state index is 12.8. The highest BCUT2D eigenvalue weighted by Gasteiger charge is 2.39. The zero-order chi connectivity index (χ0) is 14.7. The van der Waals surface area contributed by atoms with E-state index in [9.17, 15) is 4.79 Å². The van der Waals surface area contributed by atoms with E-state index in [1.54, 1.807) is 7.11 Å². The zero-order valence-corrected chi connectivity index (χ0v) is 12.7. The molecule has 1 amide bonds. The van der Waals surface area contributed by atoms with Crippen molar-refractivity contribution >= 4 is 11.6 Å². The molecule has 2 N–H and O–H groups in total. The van der Waals surface area contributed by atoms with Gasteiger partial charge in [-0.05, 0) is 68.5 Å². The predicted molar refractivity (Wildman–Crippen MR) is 83.5 cm³/mol. The van der Waals surface area contributed by atoms with Gasteiger partial charge in [-0.1, -0.05) is 6.07 Å². The standard InChI is InChI=1S/C17H24N2O2/c1-21-12-17(7-9-18-10-8-17)16(20)19-15-6-5-13-3-2-4-14(13)11-15/h5-6,11,18H,2-4,7-10,12H2,1H3,(H,19,20). The lowest BCUT2D eigenvalue weighted by Crippen LogP contribution is -2.47. The molecule has 0 unspecified atom stereocenters. The number of piperidine rings is 1. The van der Waals surface area contributed by atoms with Gasteiger partial charge >= 0.3 is 0 Å². The van der Waals surface area contributed by atoms with Crippen molar-refractivity contribution in [3.8, 4) is 0 Å². The Balaban J connectivity index is 1.74. The highest BCUT2D eigenvalue weighted by Crippen LogP contribution is 2.32. The van der Waals surface area contributed by atoms with Gasteiger partial charge in [0.05, 0.1) is 12.0 Å². The first-order chi connectivity index (χ1) is 10.2. The lowest BCUT2D eigenvalue weighted by molar-refractivity contribution is -0.130. The molecule has 2 aliphatic rings. The number of rotatable bonds is 4. The summed E-state index contributed by atoms with van der Waals surface area (Å²) < 4.78 is 5.33. The number of ether oxygens (including phenoxy) is 1. The Morgan fingerprint density at radius 2 is 2.05 bits per heavy atom. The summed E-state index contributed by atoms with van der Waals surface area (Å²) in [6, 6.07) is 6.33. The van der Waals surface area contributed by atoms with E-state index in [-0.39, 0.29) is 11.3 Å². The normalized spacial score (nSPS) is 20.0. The third-order valence-corrected chi connectivity index (χ3v) is 4.82. The number of hydrogen-bond acceptors (Lipinski definition) is 3. The van der Waals surface area contributed by atoms with E-state index >= 15 is 0 Å². The molecule has 114 valence electrons.